The average molecular weight is 455 g/mol. The van der Waals surface area contributed by atoms with Gasteiger partial charge in [-0.05, 0) is 80.5 Å². The summed E-state index contributed by atoms with van der Waals surface area (Å²) >= 11 is 0. The van der Waals surface area contributed by atoms with Gasteiger partial charge in [-0.25, -0.2) is 0 Å². The van der Waals surface area contributed by atoms with Gasteiger partial charge in [0.25, 0.3) is 0 Å². The van der Waals surface area contributed by atoms with Gasteiger partial charge in [-0.15, -0.1) is 0 Å². The van der Waals surface area contributed by atoms with Crippen LogP contribution in [0.5, 0.6) is 0 Å². The fourth-order valence-electron chi connectivity index (χ4n) is 6.71. The minimum Gasteiger partial charge on any atom is -0.457 e. The highest BCUT2D eigenvalue weighted by atomic mass is 16.5. The standard InChI is InChI=1S/C26H34N2O5/c1-16(2)8-23(31)27-21-6-4-20(5-7-21)22(30)14-33-24(32)25-10-18-9-19(11-25)13-26(12-18,15-25)28-17(3)29/h4-7,16,18-19H,8-15H2,1-3H3,(H,27,31)(H,28,29)/t18-,19-,25?,26?/m1/s1. The van der Waals surface area contributed by atoms with Gasteiger partial charge < -0.3 is 15.4 Å². The molecule has 4 saturated carbocycles. The van der Waals surface area contributed by atoms with Crippen LogP contribution in [0.1, 0.15) is 76.1 Å². The summed E-state index contributed by atoms with van der Waals surface area (Å²) in [6.45, 7) is 5.18. The SMILES string of the molecule is CC(=O)NC12C[C@@H]3C[C@@H](C1)CC(C(=O)OCC(=O)c1ccc(NC(=O)CC(C)C)cc1)(C3)C2. The summed E-state index contributed by atoms with van der Waals surface area (Å²) in [4.78, 5) is 49.5. The number of amides is 2. The molecule has 1 aromatic rings. The van der Waals surface area contributed by atoms with E-state index in [0.29, 0.717) is 35.9 Å². The number of ether oxygens (including phenoxy) is 1. The van der Waals surface area contributed by atoms with Crippen molar-refractivity contribution in [1.82, 2.24) is 5.32 Å². The lowest BCUT2D eigenvalue weighted by atomic mass is 9.47. The van der Waals surface area contributed by atoms with Gasteiger partial charge in [0.2, 0.25) is 11.8 Å². The van der Waals surface area contributed by atoms with Crippen molar-refractivity contribution in [2.75, 3.05) is 11.9 Å². The largest absolute Gasteiger partial charge is 0.457 e. The van der Waals surface area contributed by atoms with Crippen LogP contribution in [0.25, 0.3) is 0 Å². The van der Waals surface area contributed by atoms with Crippen LogP contribution in [0.3, 0.4) is 0 Å². The van der Waals surface area contributed by atoms with E-state index in [1.807, 2.05) is 13.8 Å². The summed E-state index contributed by atoms with van der Waals surface area (Å²) in [6, 6.07) is 6.64. The van der Waals surface area contributed by atoms with Gasteiger partial charge in [0.05, 0.1) is 5.41 Å². The molecule has 7 nitrogen and oxygen atoms in total. The van der Waals surface area contributed by atoms with Crippen LogP contribution in [0, 0.1) is 23.2 Å². The second kappa shape index (κ2) is 8.92. The Kier molecular flexibility index (Phi) is 6.34. The number of Topliss-reactive ketones (excluding diaryl/α,β-unsaturated/α-hetero) is 1. The summed E-state index contributed by atoms with van der Waals surface area (Å²) in [7, 11) is 0. The molecule has 4 fully saturated rings. The molecule has 1 aromatic carbocycles. The summed E-state index contributed by atoms with van der Waals surface area (Å²) in [5.41, 5.74) is 0.155. The predicted molar refractivity (Wildman–Crippen MR) is 123 cm³/mol. The second-order valence-electron chi connectivity index (χ2n) is 10.9. The van der Waals surface area contributed by atoms with Gasteiger partial charge in [-0.2, -0.15) is 0 Å². The first-order chi connectivity index (χ1) is 15.6. The first-order valence-corrected chi connectivity index (χ1v) is 12.0. The Bertz CT molecular complexity index is 938. The highest BCUT2D eigenvalue weighted by Gasteiger charge is 2.61. The molecule has 2 atom stereocenters. The third kappa shape index (κ3) is 5.12. The molecular formula is C26H34N2O5. The Morgan fingerprint density at radius 3 is 2.24 bits per heavy atom. The predicted octanol–water partition coefficient (Wildman–Crippen LogP) is 3.87. The summed E-state index contributed by atoms with van der Waals surface area (Å²) in [5, 5.41) is 5.96. The molecule has 0 radical (unpaired) electrons. The summed E-state index contributed by atoms with van der Waals surface area (Å²) in [6.07, 6.45) is 5.56. The van der Waals surface area contributed by atoms with Crippen LogP contribution in [-0.2, 0) is 19.1 Å². The van der Waals surface area contributed by atoms with Crippen molar-refractivity contribution < 1.29 is 23.9 Å². The van der Waals surface area contributed by atoms with Crippen LogP contribution >= 0.6 is 0 Å². The molecule has 178 valence electrons. The van der Waals surface area contributed by atoms with Gasteiger partial charge >= 0.3 is 5.97 Å². The lowest BCUT2D eigenvalue weighted by Gasteiger charge is -2.60. The topological polar surface area (TPSA) is 102 Å². The van der Waals surface area contributed by atoms with Crippen LogP contribution in [-0.4, -0.2) is 35.7 Å². The zero-order chi connectivity index (χ0) is 23.8. The highest BCUT2D eigenvalue weighted by molar-refractivity contribution is 5.99. The molecule has 2 N–H and O–H groups in total. The molecule has 0 aliphatic heterocycles. The van der Waals surface area contributed by atoms with E-state index in [9.17, 15) is 19.2 Å². The van der Waals surface area contributed by atoms with Gasteiger partial charge in [0.15, 0.2) is 12.4 Å². The molecule has 2 amide bonds. The number of esters is 1. The second-order valence-corrected chi connectivity index (χ2v) is 10.9. The molecule has 0 heterocycles. The highest BCUT2D eigenvalue weighted by Crippen LogP contribution is 2.62. The van der Waals surface area contributed by atoms with Gasteiger partial charge in [0.1, 0.15) is 0 Å². The number of ketones is 1. The maximum absolute atomic E-state index is 13.2. The van der Waals surface area contributed by atoms with E-state index in [4.69, 9.17) is 4.74 Å². The van der Waals surface area contributed by atoms with E-state index < -0.39 is 5.41 Å². The number of hydrogen-bond donors (Lipinski definition) is 2. The van der Waals surface area contributed by atoms with Crippen LogP contribution in [0.2, 0.25) is 0 Å². The van der Waals surface area contributed by atoms with Crippen molar-refractivity contribution in [2.24, 2.45) is 23.2 Å². The summed E-state index contributed by atoms with van der Waals surface area (Å²) < 4.78 is 5.56. The molecule has 0 aromatic heterocycles. The van der Waals surface area contributed by atoms with E-state index in [-0.39, 0.29) is 41.6 Å². The lowest BCUT2D eigenvalue weighted by Crippen LogP contribution is -2.64. The Morgan fingerprint density at radius 2 is 1.67 bits per heavy atom. The molecule has 7 heteroatoms. The van der Waals surface area contributed by atoms with E-state index in [1.54, 1.807) is 24.3 Å². The monoisotopic (exact) mass is 454 g/mol. The fourth-order valence-corrected chi connectivity index (χ4v) is 6.71. The molecule has 4 aliphatic rings. The van der Waals surface area contributed by atoms with Crippen molar-refractivity contribution in [1.29, 1.82) is 0 Å². The van der Waals surface area contributed by atoms with Gasteiger partial charge in [-0.1, -0.05) is 13.8 Å². The first kappa shape index (κ1) is 23.5. The molecule has 4 aliphatic carbocycles. The Hall–Kier alpha value is -2.70. The minimum atomic E-state index is -0.600. The minimum absolute atomic E-state index is 0.0560. The molecule has 0 unspecified atom stereocenters. The Labute approximate surface area is 195 Å². The van der Waals surface area contributed by atoms with E-state index in [0.717, 1.165) is 32.1 Å². The third-order valence-corrected chi connectivity index (χ3v) is 7.35. The third-order valence-electron chi connectivity index (χ3n) is 7.35. The van der Waals surface area contributed by atoms with Crippen molar-refractivity contribution in [3.8, 4) is 0 Å². The van der Waals surface area contributed by atoms with E-state index in [2.05, 4.69) is 10.6 Å². The maximum atomic E-state index is 13.2. The number of carbonyl (C=O) groups excluding carboxylic acids is 4. The van der Waals surface area contributed by atoms with Crippen molar-refractivity contribution in [3.05, 3.63) is 29.8 Å². The average Bonchev–Trinajstić information content (AvgIpc) is 2.69. The Morgan fingerprint density at radius 1 is 1.03 bits per heavy atom. The first-order valence-electron chi connectivity index (χ1n) is 12.0. The van der Waals surface area contributed by atoms with Gasteiger partial charge in [0, 0.05) is 30.1 Å². The molecule has 33 heavy (non-hydrogen) atoms. The molecule has 0 spiro atoms. The zero-order valence-corrected chi connectivity index (χ0v) is 19.7. The van der Waals surface area contributed by atoms with E-state index >= 15 is 0 Å². The molecule has 0 saturated heterocycles. The smallest absolute Gasteiger partial charge is 0.312 e. The van der Waals surface area contributed by atoms with Crippen molar-refractivity contribution >= 4 is 29.3 Å². The number of carbonyl (C=O) groups is 4. The van der Waals surface area contributed by atoms with Gasteiger partial charge in [-0.3, -0.25) is 19.2 Å². The van der Waals surface area contributed by atoms with Crippen LogP contribution in [0.4, 0.5) is 5.69 Å². The molecule has 5 rings (SSSR count). The van der Waals surface area contributed by atoms with Crippen LogP contribution in [0.15, 0.2) is 24.3 Å². The van der Waals surface area contributed by atoms with Crippen molar-refractivity contribution in [3.63, 3.8) is 0 Å². The molecule has 4 bridgehead atoms. The maximum Gasteiger partial charge on any atom is 0.312 e. The van der Waals surface area contributed by atoms with Crippen LogP contribution < -0.4 is 10.6 Å². The quantitative estimate of drug-likeness (QED) is 0.459. The fraction of sp³-hybridized carbons (Fsp3) is 0.615. The van der Waals surface area contributed by atoms with Crippen molar-refractivity contribution in [2.45, 2.75) is 71.3 Å². The lowest BCUT2D eigenvalue weighted by molar-refractivity contribution is -0.174. The number of hydrogen-bond acceptors (Lipinski definition) is 5. The number of nitrogens with one attached hydrogen (secondary N) is 2. The zero-order valence-electron chi connectivity index (χ0n) is 19.7. The summed E-state index contributed by atoms with van der Waals surface area (Å²) in [5.74, 6) is 0.397. The normalized spacial score (nSPS) is 29.6. The van der Waals surface area contributed by atoms with E-state index in [1.165, 1.54) is 6.92 Å². The Balaban J connectivity index is 1.35. The number of rotatable bonds is 8. The number of benzene rings is 1. The number of anilines is 1. The molecular weight excluding hydrogens is 420 g/mol.